The number of methoxy groups -OCH3 is 1. The van der Waals surface area contributed by atoms with Gasteiger partial charge in [-0.3, -0.25) is 4.79 Å². The molecule has 0 heterocycles. The number of hydrogen-bond donors (Lipinski definition) is 0. The van der Waals surface area contributed by atoms with Crippen molar-refractivity contribution in [2.24, 2.45) is 0 Å². The first-order valence-electron chi connectivity index (χ1n) is 6.11. The van der Waals surface area contributed by atoms with Gasteiger partial charge in [-0.1, -0.05) is 13.3 Å². The highest BCUT2D eigenvalue weighted by atomic mass is 16.5. The largest absolute Gasteiger partial charge is 0.466 e. The Hall–Kier alpha value is -0.650. The van der Waals surface area contributed by atoms with Crippen molar-refractivity contribution < 1.29 is 23.7 Å². The van der Waals surface area contributed by atoms with Crippen molar-refractivity contribution in [3.63, 3.8) is 0 Å². The van der Waals surface area contributed by atoms with E-state index in [0.29, 0.717) is 46.1 Å². The Balaban J connectivity index is 3.08. The van der Waals surface area contributed by atoms with E-state index in [1.807, 2.05) is 0 Å². The van der Waals surface area contributed by atoms with Gasteiger partial charge < -0.3 is 18.9 Å². The minimum absolute atomic E-state index is 0.196. The summed E-state index contributed by atoms with van der Waals surface area (Å²) in [5.41, 5.74) is 0. The van der Waals surface area contributed by atoms with E-state index in [1.54, 1.807) is 7.11 Å². The van der Waals surface area contributed by atoms with Crippen molar-refractivity contribution in [3.05, 3.63) is 0 Å². The summed E-state index contributed by atoms with van der Waals surface area (Å²) in [6.07, 6.45) is 2.25. The maximum Gasteiger partial charge on any atom is 0.308 e. The number of hydrogen-bond acceptors (Lipinski definition) is 5. The average Bonchev–Trinajstić information content (AvgIpc) is 2.33. The van der Waals surface area contributed by atoms with Crippen LogP contribution in [-0.2, 0) is 23.7 Å². The summed E-state index contributed by atoms with van der Waals surface area (Å²) in [6.45, 7) is 5.12. The van der Waals surface area contributed by atoms with Gasteiger partial charge in [0, 0.05) is 7.11 Å². The van der Waals surface area contributed by atoms with E-state index in [4.69, 9.17) is 18.9 Å². The highest BCUT2D eigenvalue weighted by Crippen LogP contribution is 1.92. The van der Waals surface area contributed by atoms with Crippen LogP contribution in [0.5, 0.6) is 0 Å². The van der Waals surface area contributed by atoms with Crippen LogP contribution in [0, 0.1) is 0 Å². The van der Waals surface area contributed by atoms with Crippen molar-refractivity contribution in [2.75, 3.05) is 46.8 Å². The zero-order valence-corrected chi connectivity index (χ0v) is 10.9. The molecule has 0 aromatic rings. The smallest absolute Gasteiger partial charge is 0.308 e. The molecule has 17 heavy (non-hydrogen) atoms. The Morgan fingerprint density at radius 1 is 0.941 bits per heavy atom. The predicted molar refractivity (Wildman–Crippen MR) is 64.0 cm³/mol. The Morgan fingerprint density at radius 2 is 1.59 bits per heavy atom. The van der Waals surface area contributed by atoms with Crippen LogP contribution in [0.15, 0.2) is 0 Å². The lowest BCUT2D eigenvalue weighted by molar-refractivity contribution is -0.145. The van der Waals surface area contributed by atoms with Crippen LogP contribution in [0.25, 0.3) is 0 Å². The van der Waals surface area contributed by atoms with Crippen LogP contribution < -0.4 is 0 Å². The molecule has 5 nitrogen and oxygen atoms in total. The Labute approximate surface area is 103 Å². The highest BCUT2D eigenvalue weighted by molar-refractivity contribution is 5.69. The molecule has 0 aliphatic carbocycles. The zero-order chi connectivity index (χ0) is 12.8. The molecule has 0 aliphatic heterocycles. The van der Waals surface area contributed by atoms with Gasteiger partial charge in [0.1, 0.15) is 0 Å². The maximum atomic E-state index is 11.1. The van der Waals surface area contributed by atoms with Crippen molar-refractivity contribution in [2.45, 2.75) is 26.2 Å². The molecule has 102 valence electrons. The first-order chi connectivity index (χ1) is 8.31. The van der Waals surface area contributed by atoms with Gasteiger partial charge in [-0.05, 0) is 6.42 Å². The standard InChI is InChI=1S/C12H24O5/c1-3-4-6-17-12(13)5-7-15-10-11-16-9-8-14-2/h3-11H2,1-2H3. The van der Waals surface area contributed by atoms with Gasteiger partial charge in [-0.25, -0.2) is 0 Å². The van der Waals surface area contributed by atoms with Gasteiger partial charge in [0.2, 0.25) is 0 Å². The Kier molecular flexibility index (Phi) is 12.9. The summed E-state index contributed by atoms with van der Waals surface area (Å²) < 4.78 is 20.2. The molecule has 0 amide bonds. The number of carbonyl (C=O) groups is 1. The molecule has 5 heteroatoms. The van der Waals surface area contributed by atoms with Crippen molar-refractivity contribution in [3.8, 4) is 0 Å². The van der Waals surface area contributed by atoms with Crippen LogP contribution in [0.1, 0.15) is 26.2 Å². The number of esters is 1. The second-order valence-electron chi connectivity index (χ2n) is 3.54. The third-order valence-corrected chi connectivity index (χ3v) is 2.02. The first kappa shape index (κ1) is 16.4. The summed E-state index contributed by atoms with van der Waals surface area (Å²) in [5.74, 6) is -0.196. The Morgan fingerprint density at radius 3 is 2.24 bits per heavy atom. The second kappa shape index (κ2) is 13.4. The molecule has 0 unspecified atom stereocenters. The number of ether oxygens (including phenoxy) is 4. The van der Waals surface area contributed by atoms with Gasteiger partial charge in [0.15, 0.2) is 0 Å². The van der Waals surface area contributed by atoms with E-state index in [-0.39, 0.29) is 5.97 Å². The van der Waals surface area contributed by atoms with Crippen LogP contribution in [0.2, 0.25) is 0 Å². The van der Waals surface area contributed by atoms with E-state index >= 15 is 0 Å². The maximum absolute atomic E-state index is 11.1. The molecule has 0 radical (unpaired) electrons. The van der Waals surface area contributed by atoms with E-state index in [9.17, 15) is 4.79 Å². The number of unbranched alkanes of at least 4 members (excludes halogenated alkanes) is 1. The van der Waals surface area contributed by atoms with Crippen molar-refractivity contribution >= 4 is 5.97 Å². The molecule has 0 bridgehead atoms. The van der Waals surface area contributed by atoms with Gasteiger partial charge in [0.25, 0.3) is 0 Å². The SMILES string of the molecule is CCCCOC(=O)CCOCCOCCOC. The molecular weight excluding hydrogens is 224 g/mol. The molecule has 0 aliphatic rings. The summed E-state index contributed by atoms with van der Waals surface area (Å²) in [7, 11) is 1.63. The van der Waals surface area contributed by atoms with Crippen LogP contribution in [0.4, 0.5) is 0 Å². The van der Waals surface area contributed by atoms with Gasteiger partial charge in [-0.15, -0.1) is 0 Å². The lowest BCUT2D eigenvalue weighted by Crippen LogP contribution is -2.12. The van der Waals surface area contributed by atoms with Gasteiger partial charge in [-0.2, -0.15) is 0 Å². The van der Waals surface area contributed by atoms with E-state index < -0.39 is 0 Å². The van der Waals surface area contributed by atoms with Gasteiger partial charge in [0.05, 0.1) is 46.1 Å². The van der Waals surface area contributed by atoms with E-state index in [0.717, 1.165) is 12.8 Å². The van der Waals surface area contributed by atoms with Crippen molar-refractivity contribution in [1.29, 1.82) is 0 Å². The summed E-state index contributed by atoms with van der Waals surface area (Å²) in [6, 6.07) is 0. The minimum Gasteiger partial charge on any atom is -0.466 e. The fourth-order valence-electron chi connectivity index (χ4n) is 1.02. The van der Waals surface area contributed by atoms with Crippen molar-refractivity contribution in [1.82, 2.24) is 0 Å². The predicted octanol–water partition coefficient (Wildman–Crippen LogP) is 1.40. The third kappa shape index (κ3) is 13.3. The first-order valence-corrected chi connectivity index (χ1v) is 6.11. The number of rotatable bonds is 12. The molecule has 0 atom stereocenters. The topological polar surface area (TPSA) is 54.0 Å². The minimum atomic E-state index is -0.196. The van der Waals surface area contributed by atoms with Crippen LogP contribution in [0.3, 0.4) is 0 Å². The van der Waals surface area contributed by atoms with E-state index in [2.05, 4.69) is 6.92 Å². The molecule has 0 aromatic carbocycles. The Bertz CT molecular complexity index is 172. The van der Waals surface area contributed by atoms with Crippen LogP contribution in [-0.4, -0.2) is 52.7 Å². The molecule has 0 saturated heterocycles. The zero-order valence-electron chi connectivity index (χ0n) is 10.9. The molecular formula is C12H24O5. The monoisotopic (exact) mass is 248 g/mol. The van der Waals surface area contributed by atoms with Crippen LogP contribution >= 0.6 is 0 Å². The molecule has 0 N–H and O–H groups in total. The lowest BCUT2D eigenvalue weighted by atomic mass is 10.4. The quantitative estimate of drug-likeness (QED) is 0.386. The number of carbonyl (C=O) groups excluding carboxylic acids is 1. The lowest BCUT2D eigenvalue weighted by Gasteiger charge is -2.06. The normalized spacial score (nSPS) is 10.5. The average molecular weight is 248 g/mol. The third-order valence-electron chi connectivity index (χ3n) is 2.02. The fraction of sp³-hybridized carbons (Fsp3) is 0.917. The second-order valence-corrected chi connectivity index (χ2v) is 3.54. The highest BCUT2D eigenvalue weighted by Gasteiger charge is 2.01. The van der Waals surface area contributed by atoms with E-state index in [1.165, 1.54) is 0 Å². The summed E-state index contributed by atoms with van der Waals surface area (Å²) in [5, 5.41) is 0. The molecule has 0 fully saturated rings. The van der Waals surface area contributed by atoms with Gasteiger partial charge >= 0.3 is 5.97 Å². The molecule has 0 aromatic heterocycles. The summed E-state index contributed by atoms with van der Waals surface area (Å²) in [4.78, 5) is 11.1. The molecule has 0 rings (SSSR count). The summed E-state index contributed by atoms with van der Waals surface area (Å²) >= 11 is 0. The fourth-order valence-corrected chi connectivity index (χ4v) is 1.02. The molecule has 0 spiro atoms. The molecule has 0 saturated carbocycles.